The number of morpholine rings is 1. The molecule has 1 N–H and O–H groups in total. The molecule has 1 aliphatic rings. The molecule has 1 heterocycles. The summed E-state index contributed by atoms with van der Waals surface area (Å²) >= 11 is 0. The van der Waals surface area contributed by atoms with Crippen LogP contribution in [0.25, 0.3) is 0 Å². The normalized spacial score (nSPS) is 31.7. The van der Waals surface area contributed by atoms with E-state index in [1.807, 2.05) is 6.07 Å². The Labute approximate surface area is 115 Å². The predicted octanol–water partition coefficient (Wildman–Crippen LogP) is 3.68. The number of hydrogen-bond donors (Lipinski definition) is 1. The van der Waals surface area contributed by atoms with E-state index in [1.165, 1.54) is 6.07 Å². The lowest BCUT2D eigenvalue weighted by Crippen LogP contribution is -2.53. The quantitative estimate of drug-likeness (QED) is 0.900. The van der Waals surface area contributed by atoms with Crippen LogP contribution in [0, 0.1) is 11.7 Å². The minimum Gasteiger partial charge on any atom is -0.364 e. The molecule has 3 atom stereocenters. The van der Waals surface area contributed by atoms with Gasteiger partial charge in [0.2, 0.25) is 0 Å². The first-order valence-electron chi connectivity index (χ1n) is 7.06. The van der Waals surface area contributed by atoms with E-state index >= 15 is 0 Å². The van der Waals surface area contributed by atoms with Gasteiger partial charge in [-0.3, -0.25) is 0 Å². The van der Waals surface area contributed by atoms with Crippen molar-refractivity contribution < 1.29 is 9.13 Å². The van der Waals surface area contributed by atoms with Gasteiger partial charge in [0.15, 0.2) is 0 Å². The van der Waals surface area contributed by atoms with Gasteiger partial charge in [0.05, 0.1) is 11.7 Å². The van der Waals surface area contributed by atoms with Crippen LogP contribution in [0.1, 0.15) is 45.8 Å². The van der Waals surface area contributed by atoms with Crippen molar-refractivity contribution in [2.24, 2.45) is 5.92 Å². The summed E-state index contributed by atoms with van der Waals surface area (Å²) in [4.78, 5) is 0. The molecule has 0 bridgehead atoms. The van der Waals surface area contributed by atoms with Gasteiger partial charge in [-0.05, 0) is 43.9 Å². The van der Waals surface area contributed by atoms with Crippen LogP contribution in [-0.4, -0.2) is 18.2 Å². The fourth-order valence-corrected chi connectivity index (χ4v) is 2.96. The van der Waals surface area contributed by atoms with Crippen molar-refractivity contribution in [3.63, 3.8) is 0 Å². The number of ether oxygens (including phenoxy) is 1. The number of nitrogens with one attached hydrogen (secondary N) is 1. The van der Waals surface area contributed by atoms with Crippen LogP contribution in [0.3, 0.4) is 0 Å². The second-order valence-corrected chi connectivity index (χ2v) is 6.31. The molecule has 1 fully saturated rings. The Morgan fingerprint density at radius 3 is 2.84 bits per heavy atom. The van der Waals surface area contributed by atoms with Crippen molar-refractivity contribution in [2.75, 3.05) is 6.54 Å². The Morgan fingerprint density at radius 2 is 2.21 bits per heavy atom. The molecule has 0 saturated carbocycles. The minimum atomic E-state index is -0.204. The third-order valence-electron chi connectivity index (χ3n) is 3.68. The summed E-state index contributed by atoms with van der Waals surface area (Å²) in [6.45, 7) is 9.47. The van der Waals surface area contributed by atoms with Crippen LogP contribution < -0.4 is 5.32 Å². The molecule has 1 aliphatic heterocycles. The number of benzene rings is 1. The van der Waals surface area contributed by atoms with Gasteiger partial charge >= 0.3 is 0 Å². The highest BCUT2D eigenvalue weighted by molar-refractivity contribution is 5.21. The maximum atomic E-state index is 13.4. The van der Waals surface area contributed by atoms with E-state index in [1.54, 1.807) is 12.1 Å². The van der Waals surface area contributed by atoms with Gasteiger partial charge in [-0.25, -0.2) is 4.39 Å². The molecule has 2 nitrogen and oxygen atoms in total. The number of rotatable bonds is 3. The Kier molecular flexibility index (Phi) is 4.26. The fourth-order valence-electron chi connectivity index (χ4n) is 2.96. The standard InChI is InChI=1S/C16H24FNO/c1-11(2)9-16(4)10-18-12(3)15(19-16)13-6-5-7-14(17)8-13/h5-8,11-12,15,18H,9-10H2,1-4H3. The van der Waals surface area contributed by atoms with Crippen LogP contribution in [0.2, 0.25) is 0 Å². The zero-order valence-corrected chi connectivity index (χ0v) is 12.2. The second-order valence-electron chi connectivity index (χ2n) is 6.31. The van der Waals surface area contributed by atoms with Crippen molar-refractivity contribution in [3.8, 4) is 0 Å². The molecule has 2 rings (SSSR count). The number of halogens is 1. The highest BCUT2D eigenvalue weighted by atomic mass is 19.1. The van der Waals surface area contributed by atoms with E-state index in [9.17, 15) is 4.39 Å². The van der Waals surface area contributed by atoms with Crippen LogP contribution in [0.5, 0.6) is 0 Å². The van der Waals surface area contributed by atoms with E-state index in [4.69, 9.17) is 4.74 Å². The van der Waals surface area contributed by atoms with Gasteiger partial charge in [0.25, 0.3) is 0 Å². The molecule has 19 heavy (non-hydrogen) atoms. The first kappa shape index (κ1) is 14.5. The first-order valence-corrected chi connectivity index (χ1v) is 7.06. The van der Waals surface area contributed by atoms with E-state index in [-0.39, 0.29) is 23.6 Å². The lowest BCUT2D eigenvalue weighted by atomic mass is 9.89. The van der Waals surface area contributed by atoms with Crippen molar-refractivity contribution in [1.29, 1.82) is 0 Å². The van der Waals surface area contributed by atoms with Crippen LogP contribution in [0.15, 0.2) is 24.3 Å². The molecule has 1 saturated heterocycles. The summed E-state index contributed by atoms with van der Waals surface area (Å²) in [6.07, 6.45) is 0.909. The van der Waals surface area contributed by atoms with Crippen molar-refractivity contribution in [2.45, 2.75) is 51.9 Å². The third kappa shape index (κ3) is 3.54. The van der Waals surface area contributed by atoms with Crippen LogP contribution >= 0.6 is 0 Å². The van der Waals surface area contributed by atoms with Crippen molar-refractivity contribution >= 4 is 0 Å². The van der Waals surface area contributed by atoms with E-state index < -0.39 is 0 Å². The molecule has 1 aromatic carbocycles. The molecule has 0 aliphatic carbocycles. The summed E-state index contributed by atoms with van der Waals surface area (Å²) in [5.41, 5.74) is 0.729. The number of hydrogen-bond acceptors (Lipinski definition) is 2. The lowest BCUT2D eigenvalue weighted by Gasteiger charge is -2.44. The smallest absolute Gasteiger partial charge is 0.123 e. The Morgan fingerprint density at radius 1 is 1.47 bits per heavy atom. The third-order valence-corrected chi connectivity index (χ3v) is 3.68. The summed E-state index contributed by atoms with van der Waals surface area (Å²) < 4.78 is 19.7. The van der Waals surface area contributed by atoms with Gasteiger partial charge in [0.1, 0.15) is 5.82 Å². The van der Waals surface area contributed by atoms with Crippen LogP contribution in [0.4, 0.5) is 4.39 Å². The minimum absolute atomic E-state index is 0.0896. The zero-order valence-electron chi connectivity index (χ0n) is 12.2. The Hall–Kier alpha value is -0.930. The lowest BCUT2D eigenvalue weighted by molar-refractivity contribution is -0.134. The van der Waals surface area contributed by atoms with Crippen molar-refractivity contribution in [1.82, 2.24) is 5.32 Å². The van der Waals surface area contributed by atoms with E-state index in [0.717, 1.165) is 18.5 Å². The molecule has 0 radical (unpaired) electrons. The summed E-state index contributed by atoms with van der Waals surface area (Å²) in [6, 6.07) is 6.92. The first-order chi connectivity index (χ1) is 8.89. The van der Waals surface area contributed by atoms with Gasteiger partial charge in [0, 0.05) is 12.6 Å². The summed E-state index contributed by atoms with van der Waals surface area (Å²) in [7, 11) is 0. The molecule has 0 spiro atoms. The molecule has 0 aromatic heterocycles. The maximum Gasteiger partial charge on any atom is 0.123 e. The molecule has 3 heteroatoms. The van der Waals surface area contributed by atoms with Gasteiger partial charge in [-0.1, -0.05) is 26.0 Å². The SMILES string of the molecule is CC(C)CC1(C)CNC(C)C(c2cccc(F)c2)O1. The predicted molar refractivity (Wildman–Crippen MR) is 75.6 cm³/mol. The molecular weight excluding hydrogens is 241 g/mol. The van der Waals surface area contributed by atoms with Crippen molar-refractivity contribution in [3.05, 3.63) is 35.6 Å². The monoisotopic (exact) mass is 265 g/mol. The molecule has 3 unspecified atom stereocenters. The highest BCUT2D eigenvalue weighted by Gasteiger charge is 2.37. The highest BCUT2D eigenvalue weighted by Crippen LogP contribution is 2.34. The van der Waals surface area contributed by atoms with Gasteiger partial charge < -0.3 is 10.1 Å². The van der Waals surface area contributed by atoms with E-state index in [0.29, 0.717) is 5.92 Å². The average Bonchev–Trinajstić information content (AvgIpc) is 2.31. The topological polar surface area (TPSA) is 21.3 Å². The van der Waals surface area contributed by atoms with E-state index in [2.05, 4.69) is 33.0 Å². The molecular formula is C16H24FNO. The molecule has 0 amide bonds. The second kappa shape index (κ2) is 5.59. The molecule has 1 aromatic rings. The van der Waals surface area contributed by atoms with Gasteiger partial charge in [-0.15, -0.1) is 0 Å². The molecule has 106 valence electrons. The Bertz CT molecular complexity index is 435. The Balaban J connectivity index is 2.19. The zero-order chi connectivity index (χ0) is 14.0. The average molecular weight is 265 g/mol. The summed E-state index contributed by atoms with van der Waals surface area (Å²) in [5, 5.41) is 3.50. The maximum absolute atomic E-state index is 13.4. The van der Waals surface area contributed by atoms with Gasteiger partial charge in [-0.2, -0.15) is 0 Å². The van der Waals surface area contributed by atoms with Crippen LogP contribution in [-0.2, 0) is 4.74 Å². The summed E-state index contributed by atoms with van der Waals surface area (Å²) in [5.74, 6) is 0.373. The largest absolute Gasteiger partial charge is 0.364 e. The fraction of sp³-hybridized carbons (Fsp3) is 0.625.